The quantitative estimate of drug-likeness (QED) is 0.854. The Kier molecular flexibility index (Phi) is 3.31. The van der Waals surface area contributed by atoms with Gasteiger partial charge >= 0.3 is 0 Å². The number of nitrogens with zero attached hydrogens (tertiary/aromatic N) is 2. The summed E-state index contributed by atoms with van der Waals surface area (Å²) in [4.78, 5) is 4.30. The van der Waals surface area contributed by atoms with Crippen LogP contribution in [0.5, 0.6) is 0 Å². The Morgan fingerprint density at radius 3 is 2.75 bits per heavy atom. The summed E-state index contributed by atoms with van der Waals surface area (Å²) in [7, 11) is 0. The van der Waals surface area contributed by atoms with Gasteiger partial charge in [0.1, 0.15) is 0 Å². The molecule has 84 valence electrons. The van der Waals surface area contributed by atoms with Gasteiger partial charge in [0.05, 0.1) is 6.04 Å². The molecule has 0 saturated heterocycles. The van der Waals surface area contributed by atoms with Crippen molar-refractivity contribution in [2.45, 2.75) is 25.8 Å². The normalized spacial score (nSPS) is 12.6. The summed E-state index contributed by atoms with van der Waals surface area (Å²) in [5.41, 5.74) is 6.85. The van der Waals surface area contributed by atoms with E-state index in [-0.39, 0.29) is 6.04 Å². The van der Waals surface area contributed by atoms with Crippen LogP contribution >= 0.6 is 0 Å². The Bertz CT molecular complexity index is 439. The minimum Gasteiger partial charge on any atom is -0.337 e. The lowest BCUT2D eigenvalue weighted by Crippen LogP contribution is -2.09. The van der Waals surface area contributed by atoms with E-state index in [0.29, 0.717) is 11.7 Å². The van der Waals surface area contributed by atoms with E-state index in [1.54, 1.807) is 0 Å². The summed E-state index contributed by atoms with van der Waals surface area (Å²) < 4.78 is 5.15. The Hall–Kier alpha value is -1.68. The van der Waals surface area contributed by atoms with E-state index >= 15 is 0 Å². The average Bonchev–Trinajstić information content (AvgIpc) is 2.80. The molecule has 0 spiro atoms. The second-order valence-electron chi connectivity index (χ2n) is 3.72. The lowest BCUT2D eigenvalue weighted by atomic mass is 10.2. The van der Waals surface area contributed by atoms with Crippen LogP contribution in [0.3, 0.4) is 0 Å². The zero-order chi connectivity index (χ0) is 11.4. The van der Waals surface area contributed by atoms with Gasteiger partial charge in [-0.05, 0) is 6.42 Å². The SMILES string of the molecule is CCC[C@H](N)c1nc(-c2ccccc2)no1. The molecule has 0 bridgehead atoms. The molecule has 0 saturated carbocycles. The van der Waals surface area contributed by atoms with Gasteiger partial charge in [-0.1, -0.05) is 48.8 Å². The fraction of sp³-hybridized carbons (Fsp3) is 0.333. The highest BCUT2D eigenvalue weighted by Gasteiger charge is 2.14. The van der Waals surface area contributed by atoms with Gasteiger partial charge in [0.2, 0.25) is 11.7 Å². The standard InChI is InChI=1S/C12H15N3O/c1-2-6-10(13)12-14-11(15-16-12)9-7-4-3-5-8-9/h3-5,7-8,10H,2,6,13H2,1H3/t10-/m0/s1. The van der Waals surface area contributed by atoms with Gasteiger partial charge in [0.15, 0.2) is 0 Å². The van der Waals surface area contributed by atoms with Crippen molar-refractivity contribution in [3.63, 3.8) is 0 Å². The Morgan fingerprint density at radius 2 is 2.06 bits per heavy atom. The lowest BCUT2D eigenvalue weighted by Gasteiger charge is -2.02. The summed E-state index contributed by atoms with van der Waals surface area (Å²) in [5, 5.41) is 3.92. The van der Waals surface area contributed by atoms with Gasteiger partial charge in [0.25, 0.3) is 0 Å². The van der Waals surface area contributed by atoms with Gasteiger partial charge in [-0.2, -0.15) is 4.98 Å². The van der Waals surface area contributed by atoms with Crippen molar-refractivity contribution in [1.82, 2.24) is 10.1 Å². The highest BCUT2D eigenvalue weighted by atomic mass is 16.5. The molecule has 16 heavy (non-hydrogen) atoms. The Labute approximate surface area is 94.5 Å². The van der Waals surface area contributed by atoms with E-state index in [1.807, 2.05) is 30.3 Å². The van der Waals surface area contributed by atoms with E-state index in [0.717, 1.165) is 18.4 Å². The third-order valence-electron chi connectivity index (χ3n) is 2.39. The zero-order valence-corrected chi connectivity index (χ0v) is 9.26. The van der Waals surface area contributed by atoms with Crippen molar-refractivity contribution in [1.29, 1.82) is 0 Å². The van der Waals surface area contributed by atoms with Crippen molar-refractivity contribution in [2.24, 2.45) is 5.73 Å². The molecule has 0 aliphatic rings. The first-order valence-corrected chi connectivity index (χ1v) is 5.46. The highest BCUT2D eigenvalue weighted by Crippen LogP contribution is 2.19. The first-order valence-electron chi connectivity index (χ1n) is 5.46. The fourth-order valence-electron chi connectivity index (χ4n) is 1.52. The van der Waals surface area contributed by atoms with E-state index in [1.165, 1.54) is 0 Å². The van der Waals surface area contributed by atoms with Gasteiger partial charge in [-0.3, -0.25) is 0 Å². The molecule has 1 aromatic heterocycles. The van der Waals surface area contributed by atoms with Crippen LogP contribution in [0.2, 0.25) is 0 Å². The molecule has 4 heteroatoms. The van der Waals surface area contributed by atoms with Crippen LogP contribution in [0.15, 0.2) is 34.9 Å². The Balaban J connectivity index is 2.20. The number of hydrogen-bond donors (Lipinski definition) is 1. The molecule has 1 atom stereocenters. The highest BCUT2D eigenvalue weighted by molar-refractivity contribution is 5.53. The van der Waals surface area contributed by atoms with Crippen LogP contribution in [0.4, 0.5) is 0 Å². The first kappa shape index (κ1) is 10.8. The summed E-state index contributed by atoms with van der Waals surface area (Å²) in [6.45, 7) is 2.08. The van der Waals surface area contributed by atoms with Crippen LogP contribution in [0, 0.1) is 0 Å². The maximum absolute atomic E-state index is 5.90. The molecular weight excluding hydrogens is 202 g/mol. The minimum atomic E-state index is -0.157. The maximum atomic E-state index is 5.90. The van der Waals surface area contributed by atoms with Crippen molar-refractivity contribution in [3.8, 4) is 11.4 Å². The summed E-state index contributed by atoms with van der Waals surface area (Å²) in [5.74, 6) is 1.11. The van der Waals surface area contributed by atoms with Crippen LogP contribution < -0.4 is 5.73 Å². The van der Waals surface area contributed by atoms with Crippen molar-refractivity contribution in [2.75, 3.05) is 0 Å². The molecule has 0 aliphatic carbocycles. The minimum absolute atomic E-state index is 0.157. The molecule has 0 radical (unpaired) electrons. The molecule has 0 aliphatic heterocycles. The summed E-state index contributed by atoms with van der Waals surface area (Å²) >= 11 is 0. The van der Waals surface area contributed by atoms with Gasteiger partial charge in [0, 0.05) is 5.56 Å². The van der Waals surface area contributed by atoms with Crippen molar-refractivity contribution < 1.29 is 4.52 Å². The Morgan fingerprint density at radius 1 is 1.31 bits per heavy atom. The van der Waals surface area contributed by atoms with Crippen molar-refractivity contribution >= 4 is 0 Å². The van der Waals surface area contributed by atoms with Gasteiger partial charge < -0.3 is 10.3 Å². The largest absolute Gasteiger partial charge is 0.337 e. The fourth-order valence-corrected chi connectivity index (χ4v) is 1.52. The topological polar surface area (TPSA) is 64.9 Å². The molecule has 0 fully saturated rings. The lowest BCUT2D eigenvalue weighted by molar-refractivity contribution is 0.348. The molecule has 2 rings (SSSR count). The number of rotatable bonds is 4. The van der Waals surface area contributed by atoms with E-state index in [4.69, 9.17) is 10.3 Å². The number of benzene rings is 1. The van der Waals surface area contributed by atoms with Crippen LogP contribution in [0.25, 0.3) is 11.4 Å². The molecule has 4 nitrogen and oxygen atoms in total. The second-order valence-corrected chi connectivity index (χ2v) is 3.72. The first-order chi connectivity index (χ1) is 7.81. The number of nitrogens with two attached hydrogens (primary N) is 1. The molecule has 1 aromatic carbocycles. The maximum Gasteiger partial charge on any atom is 0.243 e. The van der Waals surface area contributed by atoms with Gasteiger partial charge in [-0.25, -0.2) is 0 Å². The smallest absolute Gasteiger partial charge is 0.243 e. The van der Waals surface area contributed by atoms with E-state index < -0.39 is 0 Å². The molecule has 0 amide bonds. The summed E-state index contributed by atoms with van der Waals surface area (Å²) in [6, 6.07) is 9.57. The molecular formula is C12H15N3O. The van der Waals surface area contributed by atoms with Crippen LogP contribution in [-0.4, -0.2) is 10.1 Å². The number of hydrogen-bond acceptors (Lipinski definition) is 4. The van der Waals surface area contributed by atoms with Crippen LogP contribution in [-0.2, 0) is 0 Å². The van der Waals surface area contributed by atoms with E-state index in [2.05, 4.69) is 17.1 Å². The van der Waals surface area contributed by atoms with E-state index in [9.17, 15) is 0 Å². The predicted octanol–water partition coefficient (Wildman–Crippen LogP) is 2.54. The third kappa shape index (κ3) is 2.28. The average molecular weight is 217 g/mol. The molecule has 1 heterocycles. The molecule has 2 N–H and O–H groups in total. The second kappa shape index (κ2) is 4.90. The summed E-state index contributed by atoms with van der Waals surface area (Å²) in [6.07, 6.45) is 1.86. The van der Waals surface area contributed by atoms with Crippen LogP contribution in [0.1, 0.15) is 31.7 Å². The van der Waals surface area contributed by atoms with Crippen molar-refractivity contribution in [3.05, 3.63) is 36.2 Å². The molecule has 2 aromatic rings. The number of aromatic nitrogens is 2. The predicted molar refractivity (Wildman–Crippen MR) is 61.6 cm³/mol. The molecule has 0 unspecified atom stereocenters. The monoisotopic (exact) mass is 217 g/mol. The zero-order valence-electron chi connectivity index (χ0n) is 9.26. The third-order valence-corrected chi connectivity index (χ3v) is 2.39. The van der Waals surface area contributed by atoms with Gasteiger partial charge in [-0.15, -0.1) is 0 Å².